The second kappa shape index (κ2) is 6.96. The van der Waals surface area contributed by atoms with E-state index in [2.05, 4.69) is 11.9 Å². The summed E-state index contributed by atoms with van der Waals surface area (Å²) in [7, 11) is 0. The zero-order valence-electron chi connectivity index (χ0n) is 8.78. The van der Waals surface area contributed by atoms with Gasteiger partial charge in [-0.25, -0.2) is 0 Å². The van der Waals surface area contributed by atoms with E-state index >= 15 is 0 Å². The van der Waals surface area contributed by atoms with Crippen LogP contribution in [-0.4, -0.2) is 16.2 Å². The predicted molar refractivity (Wildman–Crippen MR) is 60.6 cm³/mol. The van der Waals surface area contributed by atoms with Gasteiger partial charge in [-0.1, -0.05) is 32.6 Å². The smallest absolute Gasteiger partial charge is 0.0794 e. The summed E-state index contributed by atoms with van der Waals surface area (Å²) in [4.78, 5) is 5.18. The third-order valence-electron chi connectivity index (χ3n) is 2.31. The maximum atomic E-state index is 9.70. The highest BCUT2D eigenvalue weighted by atomic mass is 32.1. The van der Waals surface area contributed by atoms with Crippen molar-refractivity contribution in [2.45, 2.75) is 51.6 Å². The number of rotatable bonds is 7. The molecular formula is C11H19NOS. The molecule has 1 N–H and O–H groups in total. The Morgan fingerprint density at radius 3 is 2.93 bits per heavy atom. The molecule has 0 saturated heterocycles. The Morgan fingerprint density at radius 1 is 1.43 bits per heavy atom. The molecule has 1 atom stereocenters. The minimum atomic E-state index is -0.174. The molecule has 1 aromatic rings. The van der Waals surface area contributed by atoms with Gasteiger partial charge in [0.2, 0.25) is 0 Å². The SMILES string of the molecule is CCCCCCC(O)Cc1cncs1. The van der Waals surface area contributed by atoms with Crippen molar-refractivity contribution >= 4 is 11.3 Å². The molecule has 2 nitrogen and oxygen atoms in total. The third-order valence-corrected chi connectivity index (χ3v) is 3.11. The molecule has 3 heteroatoms. The van der Waals surface area contributed by atoms with Crippen LogP contribution < -0.4 is 0 Å². The van der Waals surface area contributed by atoms with Crippen LogP contribution in [0.25, 0.3) is 0 Å². The van der Waals surface area contributed by atoms with Crippen LogP contribution in [-0.2, 0) is 6.42 Å². The van der Waals surface area contributed by atoms with Gasteiger partial charge in [0.15, 0.2) is 0 Å². The van der Waals surface area contributed by atoms with Crippen molar-refractivity contribution in [3.8, 4) is 0 Å². The quantitative estimate of drug-likeness (QED) is 0.706. The predicted octanol–water partition coefficient (Wildman–Crippen LogP) is 3.02. The molecule has 0 aliphatic heterocycles. The van der Waals surface area contributed by atoms with Crippen molar-refractivity contribution in [1.29, 1.82) is 0 Å². The normalized spacial score (nSPS) is 13.0. The summed E-state index contributed by atoms with van der Waals surface area (Å²) in [6.45, 7) is 2.20. The lowest BCUT2D eigenvalue weighted by Crippen LogP contribution is -2.09. The number of unbranched alkanes of at least 4 members (excludes halogenated alkanes) is 3. The molecule has 1 rings (SSSR count). The molecule has 0 saturated carbocycles. The first kappa shape index (κ1) is 11.7. The van der Waals surface area contributed by atoms with Crippen molar-refractivity contribution < 1.29 is 5.11 Å². The van der Waals surface area contributed by atoms with Gasteiger partial charge in [0.1, 0.15) is 0 Å². The van der Waals surface area contributed by atoms with Gasteiger partial charge in [-0.05, 0) is 6.42 Å². The zero-order chi connectivity index (χ0) is 10.2. The van der Waals surface area contributed by atoms with Crippen molar-refractivity contribution in [2.75, 3.05) is 0 Å². The molecule has 0 aliphatic rings. The van der Waals surface area contributed by atoms with Gasteiger partial charge in [0.05, 0.1) is 11.6 Å². The van der Waals surface area contributed by atoms with E-state index < -0.39 is 0 Å². The monoisotopic (exact) mass is 213 g/mol. The van der Waals surface area contributed by atoms with E-state index in [-0.39, 0.29) is 6.10 Å². The van der Waals surface area contributed by atoms with E-state index in [1.165, 1.54) is 24.1 Å². The van der Waals surface area contributed by atoms with Crippen LogP contribution in [0.15, 0.2) is 11.7 Å². The van der Waals surface area contributed by atoms with Crippen LogP contribution in [0, 0.1) is 0 Å². The van der Waals surface area contributed by atoms with Crippen molar-refractivity contribution in [2.24, 2.45) is 0 Å². The maximum Gasteiger partial charge on any atom is 0.0794 e. The Bertz CT molecular complexity index is 223. The Balaban J connectivity index is 2.07. The highest BCUT2D eigenvalue weighted by molar-refractivity contribution is 7.09. The lowest BCUT2D eigenvalue weighted by Gasteiger charge is -2.08. The lowest BCUT2D eigenvalue weighted by molar-refractivity contribution is 0.162. The van der Waals surface area contributed by atoms with E-state index in [1.807, 2.05) is 11.7 Å². The minimum absolute atomic E-state index is 0.174. The minimum Gasteiger partial charge on any atom is -0.393 e. The summed E-state index contributed by atoms with van der Waals surface area (Å²) in [5.41, 5.74) is 1.82. The molecule has 14 heavy (non-hydrogen) atoms. The third kappa shape index (κ3) is 4.72. The molecule has 0 amide bonds. The summed E-state index contributed by atoms with van der Waals surface area (Å²) >= 11 is 1.62. The van der Waals surface area contributed by atoms with Crippen LogP contribution in [0.5, 0.6) is 0 Å². The molecule has 80 valence electrons. The van der Waals surface area contributed by atoms with E-state index in [1.54, 1.807) is 11.3 Å². The molecule has 1 aromatic heterocycles. The molecule has 0 radical (unpaired) electrons. The van der Waals surface area contributed by atoms with E-state index in [0.717, 1.165) is 19.3 Å². The van der Waals surface area contributed by atoms with Gasteiger partial charge in [0.25, 0.3) is 0 Å². The first-order chi connectivity index (χ1) is 6.83. The number of thiazole rings is 1. The summed E-state index contributed by atoms with van der Waals surface area (Å²) in [5.74, 6) is 0. The zero-order valence-corrected chi connectivity index (χ0v) is 9.59. The number of aliphatic hydroxyl groups is 1. The van der Waals surface area contributed by atoms with Crippen LogP contribution in [0.1, 0.15) is 43.9 Å². The Morgan fingerprint density at radius 2 is 2.29 bits per heavy atom. The van der Waals surface area contributed by atoms with Gasteiger partial charge in [-0.2, -0.15) is 0 Å². The van der Waals surface area contributed by atoms with Crippen LogP contribution in [0.3, 0.4) is 0 Å². The number of hydrogen-bond acceptors (Lipinski definition) is 3. The van der Waals surface area contributed by atoms with Crippen LogP contribution in [0.2, 0.25) is 0 Å². The summed E-state index contributed by atoms with van der Waals surface area (Å²) in [5, 5.41) is 9.70. The van der Waals surface area contributed by atoms with Crippen molar-refractivity contribution in [1.82, 2.24) is 4.98 Å². The van der Waals surface area contributed by atoms with Gasteiger partial charge in [-0.15, -0.1) is 11.3 Å². The molecule has 0 spiro atoms. The highest BCUT2D eigenvalue weighted by Gasteiger charge is 2.05. The first-order valence-electron chi connectivity index (χ1n) is 5.38. The fourth-order valence-electron chi connectivity index (χ4n) is 1.48. The summed E-state index contributed by atoms with van der Waals surface area (Å²) < 4.78 is 0. The van der Waals surface area contributed by atoms with Gasteiger partial charge in [0, 0.05) is 17.5 Å². The highest BCUT2D eigenvalue weighted by Crippen LogP contribution is 2.13. The van der Waals surface area contributed by atoms with E-state index in [9.17, 15) is 5.11 Å². The Hall–Kier alpha value is -0.410. The largest absolute Gasteiger partial charge is 0.393 e. The second-order valence-electron chi connectivity index (χ2n) is 3.68. The van der Waals surface area contributed by atoms with Crippen LogP contribution in [0.4, 0.5) is 0 Å². The molecule has 1 unspecified atom stereocenters. The average Bonchev–Trinajstić information content (AvgIpc) is 2.65. The van der Waals surface area contributed by atoms with Crippen LogP contribution >= 0.6 is 11.3 Å². The van der Waals surface area contributed by atoms with Gasteiger partial charge >= 0.3 is 0 Å². The van der Waals surface area contributed by atoms with Gasteiger partial charge in [-0.3, -0.25) is 4.98 Å². The average molecular weight is 213 g/mol. The Labute approximate surface area is 90.0 Å². The fourth-order valence-corrected chi connectivity index (χ4v) is 2.15. The number of hydrogen-bond donors (Lipinski definition) is 1. The lowest BCUT2D eigenvalue weighted by atomic mass is 10.1. The standard InChI is InChI=1S/C11H19NOS/c1-2-3-4-5-6-10(13)7-11-8-12-9-14-11/h8-10,13H,2-7H2,1H3. The molecule has 0 bridgehead atoms. The molecule has 0 aliphatic carbocycles. The maximum absolute atomic E-state index is 9.70. The topological polar surface area (TPSA) is 33.1 Å². The van der Waals surface area contributed by atoms with Crippen molar-refractivity contribution in [3.05, 3.63) is 16.6 Å². The van der Waals surface area contributed by atoms with E-state index in [4.69, 9.17) is 0 Å². The summed E-state index contributed by atoms with van der Waals surface area (Å²) in [6.07, 6.45) is 8.31. The number of aromatic nitrogens is 1. The second-order valence-corrected chi connectivity index (χ2v) is 4.65. The van der Waals surface area contributed by atoms with Gasteiger partial charge < -0.3 is 5.11 Å². The number of nitrogens with zero attached hydrogens (tertiary/aromatic N) is 1. The van der Waals surface area contributed by atoms with E-state index in [0.29, 0.717) is 0 Å². The fraction of sp³-hybridized carbons (Fsp3) is 0.727. The summed E-state index contributed by atoms with van der Waals surface area (Å²) in [6, 6.07) is 0. The first-order valence-corrected chi connectivity index (χ1v) is 6.26. The Kier molecular flexibility index (Phi) is 5.80. The molecule has 0 aromatic carbocycles. The van der Waals surface area contributed by atoms with Crippen molar-refractivity contribution in [3.63, 3.8) is 0 Å². The number of aliphatic hydroxyl groups excluding tert-OH is 1. The molecular weight excluding hydrogens is 194 g/mol. The molecule has 0 fully saturated rings. The molecule has 1 heterocycles.